The molecule has 0 saturated heterocycles. The minimum atomic E-state index is -0.255. The highest BCUT2D eigenvalue weighted by molar-refractivity contribution is 5.94. The number of nitrogens with zero attached hydrogens (tertiary/aromatic N) is 2. The van der Waals surface area contributed by atoms with Crippen LogP contribution in [0.3, 0.4) is 0 Å². The van der Waals surface area contributed by atoms with E-state index in [1.807, 2.05) is 25.1 Å². The van der Waals surface area contributed by atoms with Crippen LogP contribution in [0.15, 0.2) is 18.2 Å². The van der Waals surface area contributed by atoms with Gasteiger partial charge in [0.05, 0.1) is 19.1 Å². The molecule has 2 fully saturated rings. The van der Waals surface area contributed by atoms with Gasteiger partial charge in [-0.15, -0.1) is 0 Å². The molecule has 1 aliphatic heterocycles. The maximum absolute atomic E-state index is 13.2. The summed E-state index contributed by atoms with van der Waals surface area (Å²) in [6, 6.07) is 5.37. The molecule has 1 heterocycles. The Morgan fingerprint density at radius 1 is 1.28 bits per heavy atom. The molecule has 7 nitrogen and oxygen atoms in total. The summed E-state index contributed by atoms with van der Waals surface area (Å²) in [6.07, 6.45) is 4.61. The van der Waals surface area contributed by atoms with Crippen molar-refractivity contribution in [3.05, 3.63) is 23.8 Å². The van der Waals surface area contributed by atoms with Gasteiger partial charge in [0.2, 0.25) is 11.8 Å². The highest BCUT2D eigenvalue weighted by Crippen LogP contribution is 2.33. The smallest absolute Gasteiger partial charge is 0.227 e. The van der Waals surface area contributed by atoms with Crippen LogP contribution in [-0.2, 0) is 16.0 Å². The molecule has 2 saturated carbocycles. The van der Waals surface area contributed by atoms with Crippen molar-refractivity contribution < 1.29 is 19.4 Å². The van der Waals surface area contributed by atoms with Crippen LogP contribution in [0.1, 0.15) is 45.1 Å². The lowest BCUT2D eigenvalue weighted by Gasteiger charge is -2.34. The third-order valence-corrected chi connectivity index (χ3v) is 6.89. The maximum atomic E-state index is 13.2. The topological polar surface area (TPSA) is 82.1 Å². The largest absolute Gasteiger partial charge is 0.488 e. The number of hydrogen-bond donors (Lipinski definition) is 2. The molecule has 2 aliphatic carbocycles. The molecule has 3 aliphatic rings. The van der Waals surface area contributed by atoms with Crippen molar-refractivity contribution in [1.29, 1.82) is 0 Å². The van der Waals surface area contributed by atoms with Crippen LogP contribution in [-0.4, -0.2) is 72.2 Å². The molecule has 2 amide bonds. The number of aliphatic hydroxyl groups excluding tert-OH is 1. The Bertz CT molecular complexity index is 836. The van der Waals surface area contributed by atoms with E-state index < -0.39 is 0 Å². The summed E-state index contributed by atoms with van der Waals surface area (Å²) < 4.78 is 6.54. The molecule has 0 unspecified atom stereocenters. The number of anilines is 1. The molecule has 2 N–H and O–H groups in total. The van der Waals surface area contributed by atoms with Crippen molar-refractivity contribution in [3.8, 4) is 5.75 Å². The van der Waals surface area contributed by atoms with Crippen molar-refractivity contribution in [3.63, 3.8) is 0 Å². The molecule has 7 heteroatoms. The second-order valence-corrected chi connectivity index (χ2v) is 10.1. The Balaban J connectivity index is 1.59. The fourth-order valence-electron chi connectivity index (χ4n) is 4.44. The molecule has 0 bridgehead atoms. The zero-order valence-corrected chi connectivity index (χ0v) is 19.5. The Kier molecular flexibility index (Phi) is 7.05. The van der Waals surface area contributed by atoms with Crippen molar-refractivity contribution in [2.45, 2.75) is 58.1 Å². The lowest BCUT2D eigenvalue weighted by Crippen LogP contribution is -2.47. The van der Waals surface area contributed by atoms with Gasteiger partial charge in [-0.3, -0.25) is 9.59 Å². The Labute approximate surface area is 191 Å². The van der Waals surface area contributed by atoms with Crippen LogP contribution < -0.4 is 10.1 Å². The second-order valence-electron chi connectivity index (χ2n) is 10.1. The van der Waals surface area contributed by atoms with Gasteiger partial charge < -0.3 is 25.0 Å². The molecule has 32 heavy (non-hydrogen) atoms. The monoisotopic (exact) mass is 443 g/mol. The molecule has 1 aromatic carbocycles. The molecular weight excluding hydrogens is 406 g/mol. The van der Waals surface area contributed by atoms with Gasteiger partial charge in [-0.25, -0.2) is 0 Å². The number of carbonyl (C=O) groups is 2. The van der Waals surface area contributed by atoms with Gasteiger partial charge in [-0.2, -0.15) is 0 Å². The summed E-state index contributed by atoms with van der Waals surface area (Å²) in [5.41, 5.74) is 1.48. The average Bonchev–Trinajstić information content (AvgIpc) is 3.66. The summed E-state index contributed by atoms with van der Waals surface area (Å²) in [5, 5.41) is 12.7. The summed E-state index contributed by atoms with van der Waals surface area (Å²) in [5.74, 6) is 1.74. The molecule has 3 atom stereocenters. The highest BCUT2D eigenvalue weighted by atomic mass is 16.5. The fraction of sp³-hybridized carbons (Fsp3) is 0.680. The van der Waals surface area contributed by atoms with Gasteiger partial charge in [0.1, 0.15) is 11.9 Å². The number of carbonyl (C=O) groups excluding carboxylic acids is 2. The summed E-state index contributed by atoms with van der Waals surface area (Å²) in [7, 11) is 2.14. The fourth-order valence-corrected chi connectivity index (χ4v) is 4.44. The summed E-state index contributed by atoms with van der Waals surface area (Å²) >= 11 is 0. The van der Waals surface area contributed by atoms with E-state index in [1.165, 1.54) is 12.8 Å². The van der Waals surface area contributed by atoms with Crippen LogP contribution in [0, 0.1) is 17.8 Å². The minimum absolute atomic E-state index is 0.0269. The van der Waals surface area contributed by atoms with E-state index in [-0.39, 0.29) is 48.8 Å². The Morgan fingerprint density at radius 2 is 2.03 bits per heavy atom. The van der Waals surface area contributed by atoms with Gasteiger partial charge >= 0.3 is 0 Å². The number of ether oxygens (including phenoxy) is 1. The highest BCUT2D eigenvalue weighted by Gasteiger charge is 2.33. The van der Waals surface area contributed by atoms with Gasteiger partial charge in [0, 0.05) is 42.7 Å². The third-order valence-electron chi connectivity index (χ3n) is 6.89. The van der Waals surface area contributed by atoms with Crippen molar-refractivity contribution in [1.82, 2.24) is 9.80 Å². The number of amides is 2. The SMILES string of the molecule is C[C@@H]1CN([C@@H](C)CO)C(=O)Cc2cc(NC(=O)C3CC3)ccc2O[C@@H]1CN(C)CC1CC1. The predicted molar refractivity (Wildman–Crippen MR) is 124 cm³/mol. The first-order valence-electron chi connectivity index (χ1n) is 12.0. The van der Waals surface area contributed by atoms with E-state index in [9.17, 15) is 14.7 Å². The zero-order valence-electron chi connectivity index (χ0n) is 19.5. The molecule has 0 radical (unpaired) electrons. The van der Waals surface area contributed by atoms with E-state index in [1.54, 1.807) is 4.90 Å². The second kappa shape index (κ2) is 9.79. The van der Waals surface area contributed by atoms with Crippen LogP contribution in [0.25, 0.3) is 0 Å². The number of rotatable bonds is 8. The van der Waals surface area contributed by atoms with E-state index in [4.69, 9.17) is 4.74 Å². The standard InChI is InChI=1S/C25H37N3O4/c1-16-12-28(17(2)15-29)24(30)11-20-10-21(26-25(31)19-6-7-19)8-9-22(20)32-23(16)14-27(3)13-18-4-5-18/h8-10,16-19,23,29H,4-7,11-15H2,1-3H3,(H,26,31)/t16-,17+,23-/m1/s1. The number of hydrogen-bond acceptors (Lipinski definition) is 5. The molecule has 0 aromatic heterocycles. The van der Waals surface area contributed by atoms with Gasteiger partial charge in [-0.05, 0) is 63.8 Å². The first-order valence-corrected chi connectivity index (χ1v) is 12.0. The van der Waals surface area contributed by atoms with E-state index >= 15 is 0 Å². The lowest BCUT2D eigenvalue weighted by molar-refractivity contribution is -0.134. The van der Waals surface area contributed by atoms with Crippen molar-refractivity contribution in [2.24, 2.45) is 17.8 Å². The zero-order chi connectivity index (χ0) is 22.8. The van der Waals surface area contributed by atoms with E-state index in [0.717, 1.165) is 37.4 Å². The number of likely N-dealkylation sites (N-methyl/N-ethyl adjacent to an activating group) is 1. The van der Waals surface area contributed by atoms with Crippen molar-refractivity contribution >= 4 is 17.5 Å². The van der Waals surface area contributed by atoms with Gasteiger partial charge in [-0.1, -0.05) is 6.92 Å². The van der Waals surface area contributed by atoms with Crippen LogP contribution in [0.5, 0.6) is 5.75 Å². The molecular formula is C25H37N3O4. The molecule has 0 spiro atoms. The number of benzene rings is 1. The number of aliphatic hydroxyl groups is 1. The van der Waals surface area contributed by atoms with Crippen LogP contribution in [0.2, 0.25) is 0 Å². The Morgan fingerprint density at radius 3 is 2.69 bits per heavy atom. The minimum Gasteiger partial charge on any atom is -0.488 e. The molecule has 4 rings (SSSR count). The molecule has 176 valence electrons. The van der Waals surface area contributed by atoms with Crippen molar-refractivity contribution in [2.75, 3.05) is 38.6 Å². The Hall–Kier alpha value is -2.12. The van der Waals surface area contributed by atoms with E-state index in [2.05, 4.69) is 24.2 Å². The molecule has 1 aromatic rings. The first kappa shape index (κ1) is 23.1. The summed E-state index contributed by atoms with van der Waals surface area (Å²) in [6.45, 7) is 6.33. The first-order chi connectivity index (χ1) is 15.3. The van der Waals surface area contributed by atoms with Crippen LogP contribution >= 0.6 is 0 Å². The quantitative estimate of drug-likeness (QED) is 0.645. The number of nitrogens with one attached hydrogen (secondary N) is 1. The van der Waals surface area contributed by atoms with Crippen LogP contribution in [0.4, 0.5) is 5.69 Å². The maximum Gasteiger partial charge on any atom is 0.227 e. The number of fused-ring (bicyclic) bond motifs is 1. The normalized spacial score (nSPS) is 24.8. The lowest BCUT2D eigenvalue weighted by atomic mass is 10.0. The summed E-state index contributed by atoms with van der Waals surface area (Å²) in [4.78, 5) is 29.6. The van der Waals surface area contributed by atoms with E-state index in [0.29, 0.717) is 18.0 Å². The third kappa shape index (κ3) is 5.81. The van der Waals surface area contributed by atoms with Gasteiger partial charge in [0.15, 0.2) is 0 Å². The predicted octanol–water partition coefficient (Wildman–Crippen LogP) is 2.53. The van der Waals surface area contributed by atoms with Gasteiger partial charge in [0.25, 0.3) is 0 Å². The average molecular weight is 444 g/mol.